The van der Waals surface area contributed by atoms with E-state index in [1.165, 1.54) is 18.2 Å². The number of nitrogens with zero attached hydrogens (tertiary/aromatic N) is 5. The highest BCUT2D eigenvalue weighted by Gasteiger charge is 2.16. The van der Waals surface area contributed by atoms with E-state index in [9.17, 15) is 14.9 Å². The van der Waals surface area contributed by atoms with Gasteiger partial charge in [-0.1, -0.05) is 48.5 Å². The summed E-state index contributed by atoms with van der Waals surface area (Å²) < 4.78 is 5.18. The minimum Gasteiger partial charge on any atom is -0.497 e. The number of rotatable bonds is 7. The summed E-state index contributed by atoms with van der Waals surface area (Å²) in [4.78, 5) is 23.9. The number of carbonyl (C=O) groups is 1. The van der Waals surface area contributed by atoms with Crippen molar-refractivity contribution in [1.29, 1.82) is 0 Å². The summed E-state index contributed by atoms with van der Waals surface area (Å²) in [6.07, 6.45) is 0. The predicted molar refractivity (Wildman–Crippen MR) is 117 cm³/mol. The van der Waals surface area contributed by atoms with Gasteiger partial charge in [0.2, 0.25) is 11.7 Å². The first kappa shape index (κ1) is 20.7. The number of anilines is 1. The number of para-hydroxylation sites is 2. The molecular formula is C22H18N6O4. The number of aromatic nitrogens is 4. The number of nitro groups is 1. The second-order valence-corrected chi connectivity index (χ2v) is 6.77. The van der Waals surface area contributed by atoms with Crippen LogP contribution in [-0.2, 0) is 11.3 Å². The highest BCUT2D eigenvalue weighted by atomic mass is 16.6. The fraction of sp³-hybridized carbons (Fsp3) is 0.0909. The highest BCUT2D eigenvalue weighted by Crippen LogP contribution is 2.25. The van der Waals surface area contributed by atoms with Gasteiger partial charge >= 0.3 is 0 Å². The number of ether oxygens (including phenoxy) is 1. The maximum Gasteiger partial charge on any atom is 0.292 e. The number of amides is 1. The molecule has 0 spiro atoms. The standard InChI is InChI=1S/C22H18N6O4/c1-32-18-12-10-16(11-13-18)15-6-8-17(9-7-15)22-24-26-27(25-22)14-21(29)23-19-4-2-3-5-20(19)28(30)31/h2-13H,14H2,1H3,(H,23,29). The first-order valence-corrected chi connectivity index (χ1v) is 9.59. The van der Waals surface area contributed by atoms with E-state index in [2.05, 4.69) is 20.7 Å². The van der Waals surface area contributed by atoms with Gasteiger partial charge in [0.15, 0.2) is 0 Å². The molecule has 4 rings (SSSR count). The second kappa shape index (κ2) is 9.04. The molecule has 0 aliphatic carbocycles. The maximum atomic E-state index is 12.3. The quantitative estimate of drug-likeness (QED) is 0.351. The summed E-state index contributed by atoms with van der Waals surface area (Å²) in [5.74, 6) is 0.653. The summed E-state index contributed by atoms with van der Waals surface area (Å²) >= 11 is 0. The number of carbonyl (C=O) groups excluding carboxylic acids is 1. The van der Waals surface area contributed by atoms with Crippen molar-refractivity contribution in [3.05, 3.63) is 82.9 Å². The number of nitrogens with one attached hydrogen (secondary N) is 1. The Hall–Kier alpha value is -4.60. The normalized spacial score (nSPS) is 10.5. The van der Waals surface area contributed by atoms with Crippen LogP contribution in [0, 0.1) is 10.1 Å². The molecule has 32 heavy (non-hydrogen) atoms. The van der Waals surface area contributed by atoms with E-state index in [1.54, 1.807) is 13.2 Å². The van der Waals surface area contributed by atoms with Crippen molar-refractivity contribution in [2.24, 2.45) is 0 Å². The molecular weight excluding hydrogens is 412 g/mol. The Morgan fingerprint density at radius 3 is 2.28 bits per heavy atom. The molecule has 0 fully saturated rings. The number of benzene rings is 3. The summed E-state index contributed by atoms with van der Waals surface area (Å²) in [6.45, 7) is -0.233. The molecule has 160 valence electrons. The maximum absolute atomic E-state index is 12.3. The molecule has 4 aromatic rings. The molecule has 10 nitrogen and oxygen atoms in total. The van der Waals surface area contributed by atoms with Crippen LogP contribution < -0.4 is 10.1 Å². The molecule has 0 saturated carbocycles. The Kier molecular flexibility index (Phi) is 5.84. The topological polar surface area (TPSA) is 125 Å². The van der Waals surface area contributed by atoms with Crippen LogP contribution in [0.4, 0.5) is 11.4 Å². The van der Waals surface area contributed by atoms with Gasteiger partial charge < -0.3 is 10.1 Å². The van der Waals surface area contributed by atoms with E-state index in [-0.39, 0.29) is 17.9 Å². The molecule has 1 heterocycles. The van der Waals surface area contributed by atoms with Gasteiger partial charge in [-0.25, -0.2) is 0 Å². The van der Waals surface area contributed by atoms with E-state index >= 15 is 0 Å². The molecule has 0 bridgehead atoms. The lowest BCUT2D eigenvalue weighted by molar-refractivity contribution is -0.383. The van der Waals surface area contributed by atoms with Crippen molar-refractivity contribution in [2.45, 2.75) is 6.54 Å². The lowest BCUT2D eigenvalue weighted by Gasteiger charge is -2.05. The molecule has 0 radical (unpaired) electrons. The van der Waals surface area contributed by atoms with Crippen molar-refractivity contribution in [1.82, 2.24) is 20.2 Å². The predicted octanol–water partition coefficient (Wildman–Crippen LogP) is 3.56. The molecule has 1 aromatic heterocycles. The van der Waals surface area contributed by atoms with Crippen LogP contribution in [0.3, 0.4) is 0 Å². The van der Waals surface area contributed by atoms with Gasteiger partial charge in [-0.15, -0.1) is 10.2 Å². The SMILES string of the molecule is COc1ccc(-c2ccc(-c3nnn(CC(=O)Nc4ccccc4[N+](=O)[O-])n3)cc2)cc1. The van der Waals surface area contributed by atoms with Gasteiger partial charge in [-0.3, -0.25) is 14.9 Å². The first-order chi connectivity index (χ1) is 15.5. The number of tetrazole rings is 1. The average molecular weight is 430 g/mol. The largest absolute Gasteiger partial charge is 0.497 e. The summed E-state index contributed by atoms with van der Waals surface area (Å²) in [6, 6.07) is 21.3. The number of methoxy groups -OCH3 is 1. The number of nitro benzene ring substituents is 1. The lowest BCUT2D eigenvalue weighted by atomic mass is 10.0. The Bertz CT molecular complexity index is 1250. The number of hydrogen-bond donors (Lipinski definition) is 1. The summed E-state index contributed by atoms with van der Waals surface area (Å²) in [5.41, 5.74) is 2.72. The third-order valence-electron chi connectivity index (χ3n) is 4.68. The average Bonchev–Trinajstić information content (AvgIpc) is 3.27. The fourth-order valence-electron chi connectivity index (χ4n) is 3.08. The molecule has 10 heteroatoms. The minimum atomic E-state index is -0.558. The lowest BCUT2D eigenvalue weighted by Crippen LogP contribution is -2.21. The third-order valence-corrected chi connectivity index (χ3v) is 4.68. The van der Waals surface area contributed by atoms with Gasteiger partial charge in [-0.05, 0) is 34.5 Å². The zero-order valence-corrected chi connectivity index (χ0v) is 17.0. The number of hydrogen-bond acceptors (Lipinski definition) is 7. The molecule has 0 aliphatic heterocycles. The van der Waals surface area contributed by atoms with E-state index in [4.69, 9.17) is 4.74 Å². The Morgan fingerprint density at radius 1 is 1.00 bits per heavy atom. The van der Waals surface area contributed by atoms with Crippen molar-refractivity contribution in [3.8, 4) is 28.3 Å². The van der Waals surface area contributed by atoms with Crippen molar-refractivity contribution in [2.75, 3.05) is 12.4 Å². The monoisotopic (exact) mass is 430 g/mol. The smallest absolute Gasteiger partial charge is 0.292 e. The van der Waals surface area contributed by atoms with Gasteiger partial charge in [0, 0.05) is 11.6 Å². The van der Waals surface area contributed by atoms with E-state index in [0.717, 1.165) is 27.2 Å². The Morgan fingerprint density at radius 2 is 1.62 bits per heavy atom. The first-order valence-electron chi connectivity index (χ1n) is 9.59. The molecule has 1 amide bonds. The van der Waals surface area contributed by atoms with Crippen molar-refractivity contribution in [3.63, 3.8) is 0 Å². The van der Waals surface area contributed by atoms with Crippen LogP contribution >= 0.6 is 0 Å². The third kappa shape index (κ3) is 4.59. The molecule has 0 atom stereocenters. The van der Waals surface area contributed by atoms with Crippen LogP contribution in [-0.4, -0.2) is 38.1 Å². The van der Waals surface area contributed by atoms with Gasteiger partial charge in [0.25, 0.3) is 5.69 Å². The zero-order valence-electron chi connectivity index (χ0n) is 17.0. The minimum absolute atomic E-state index is 0.108. The van der Waals surface area contributed by atoms with Gasteiger partial charge in [0.05, 0.1) is 12.0 Å². The van der Waals surface area contributed by atoms with Gasteiger partial charge in [-0.2, -0.15) is 4.80 Å². The van der Waals surface area contributed by atoms with Crippen LogP contribution in [0.25, 0.3) is 22.5 Å². The molecule has 3 aromatic carbocycles. The Labute approximate surface area is 182 Å². The van der Waals surface area contributed by atoms with Crippen LogP contribution in [0.15, 0.2) is 72.8 Å². The molecule has 0 unspecified atom stereocenters. The highest BCUT2D eigenvalue weighted by molar-refractivity contribution is 5.92. The molecule has 0 aliphatic rings. The molecule has 1 N–H and O–H groups in total. The summed E-state index contributed by atoms with van der Waals surface area (Å²) in [5, 5.41) is 25.7. The van der Waals surface area contributed by atoms with Crippen molar-refractivity contribution >= 4 is 17.3 Å². The fourth-order valence-corrected chi connectivity index (χ4v) is 3.08. The van der Waals surface area contributed by atoms with Crippen LogP contribution in [0.1, 0.15) is 0 Å². The Balaban J connectivity index is 1.43. The van der Waals surface area contributed by atoms with Crippen LogP contribution in [0.5, 0.6) is 5.75 Å². The van der Waals surface area contributed by atoms with Crippen molar-refractivity contribution < 1.29 is 14.5 Å². The van der Waals surface area contributed by atoms with Gasteiger partial charge in [0.1, 0.15) is 18.0 Å². The van der Waals surface area contributed by atoms with E-state index in [0.29, 0.717) is 5.82 Å². The second-order valence-electron chi connectivity index (χ2n) is 6.77. The van der Waals surface area contributed by atoms with Crippen LogP contribution in [0.2, 0.25) is 0 Å². The van der Waals surface area contributed by atoms with E-state index < -0.39 is 10.8 Å². The summed E-state index contributed by atoms with van der Waals surface area (Å²) in [7, 11) is 1.62. The van der Waals surface area contributed by atoms with E-state index in [1.807, 2.05) is 48.5 Å². The zero-order chi connectivity index (χ0) is 22.5. The molecule has 0 saturated heterocycles.